The van der Waals surface area contributed by atoms with Gasteiger partial charge < -0.3 is 19.9 Å². The third-order valence-corrected chi connectivity index (χ3v) is 4.26. The molecule has 3 rings (SSSR count). The van der Waals surface area contributed by atoms with Crippen molar-refractivity contribution in [1.29, 1.82) is 0 Å². The Morgan fingerprint density at radius 3 is 2.71 bits per heavy atom. The Balaban J connectivity index is 1.74. The first-order valence-electron chi connectivity index (χ1n) is 6.71. The van der Waals surface area contributed by atoms with Crippen LogP contribution in [0.2, 0.25) is 0 Å². The highest BCUT2D eigenvalue weighted by molar-refractivity contribution is 7.98. The van der Waals surface area contributed by atoms with Crippen LogP contribution in [-0.2, 0) is 5.75 Å². The molecule has 0 bridgehead atoms. The summed E-state index contributed by atoms with van der Waals surface area (Å²) in [6.07, 6.45) is 0. The van der Waals surface area contributed by atoms with E-state index in [1.54, 1.807) is 18.9 Å². The van der Waals surface area contributed by atoms with Gasteiger partial charge in [0.25, 0.3) is 0 Å². The molecular weight excluding hydrogens is 286 g/mol. The summed E-state index contributed by atoms with van der Waals surface area (Å²) >= 11 is 1.71. The van der Waals surface area contributed by atoms with Crippen LogP contribution in [0.15, 0.2) is 41.3 Å². The van der Waals surface area contributed by atoms with Gasteiger partial charge >= 0.3 is 0 Å². The second-order valence-electron chi connectivity index (χ2n) is 4.67. The van der Waals surface area contributed by atoms with Gasteiger partial charge in [0.05, 0.1) is 7.11 Å². The molecule has 21 heavy (non-hydrogen) atoms. The van der Waals surface area contributed by atoms with Gasteiger partial charge in [0.2, 0.25) is 0 Å². The molecule has 2 aromatic carbocycles. The summed E-state index contributed by atoms with van der Waals surface area (Å²) in [5, 5.41) is 0. The van der Waals surface area contributed by atoms with Crippen molar-refractivity contribution in [1.82, 2.24) is 0 Å². The smallest absolute Gasteiger partial charge is 0.162 e. The first-order chi connectivity index (χ1) is 10.3. The van der Waals surface area contributed by atoms with E-state index in [-0.39, 0.29) is 0 Å². The SMILES string of the molecule is COc1ccc(N)cc1CSc1ccc2c(c1)OCCO2. The van der Waals surface area contributed by atoms with E-state index in [2.05, 4.69) is 0 Å². The van der Waals surface area contributed by atoms with Gasteiger partial charge in [0.15, 0.2) is 11.5 Å². The predicted octanol–water partition coefficient (Wildman–Crippen LogP) is 3.34. The molecule has 0 unspecified atom stereocenters. The molecule has 0 atom stereocenters. The monoisotopic (exact) mass is 303 g/mol. The maximum Gasteiger partial charge on any atom is 0.162 e. The molecule has 0 aromatic heterocycles. The average molecular weight is 303 g/mol. The van der Waals surface area contributed by atoms with Gasteiger partial charge in [0, 0.05) is 21.9 Å². The van der Waals surface area contributed by atoms with Crippen LogP contribution in [0.5, 0.6) is 17.2 Å². The van der Waals surface area contributed by atoms with Crippen molar-refractivity contribution in [3.63, 3.8) is 0 Å². The third kappa shape index (κ3) is 3.19. The Morgan fingerprint density at radius 1 is 1.10 bits per heavy atom. The fraction of sp³-hybridized carbons (Fsp3) is 0.250. The zero-order valence-corrected chi connectivity index (χ0v) is 12.6. The fourth-order valence-corrected chi connectivity index (χ4v) is 3.09. The van der Waals surface area contributed by atoms with Crippen LogP contribution < -0.4 is 19.9 Å². The summed E-state index contributed by atoms with van der Waals surface area (Å²) in [5.41, 5.74) is 7.67. The summed E-state index contributed by atoms with van der Waals surface area (Å²) in [4.78, 5) is 1.13. The van der Waals surface area contributed by atoms with Gasteiger partial charge in [-0.1, -0.05) is 0 Å². The minimum atomic E-state index is 0.601. The molecule has 2 N–H and O–H groups in total. The number of methoxy groups -OCH3 is 1. The van der Waals surface area contributed by atoms with Crippen LogP contribution in [-0.4, -0.2) is 20.3 Å². The molecule has 0 amide bonds. The molecule has 0 fully saturated rings. The highest BCUT2D eigenvalue weighted by Crippen LogP contribution is 2.36. The maximum atomic E-state index is 5.84. The second-order valence-corrected chi connectivity index (χ2v) is 5.71. The number of thioether (sulfide) groups is 1. The summed E-state index contributed by atoms with van der Waals surface area (Å²) in [6.45, 7) is 1.21. The molecule has 1 aliphatic heterocycles. The summed E-state index contributed by atoms with van der Waals surface area (Å²) in [6, 6.07) is 11.7. The zero-order chi connectivity index (χ0) is 14.7. The molecule has 0 saturated heterocycles. The highest BCUT2D eigenvalue weighted by Gasteiger charge is 2.12. The molecule has 5 heteroatoms. The Labute approximate surface area is 128 Å². The number of hydrogen-bond acceptors (Lipinski definition) is 5. The number of ether oxygens (including phenoxy) is 3. The molecule has 0 saturated carbocycles. The van der Waals surface area contributed by atoms with Crippen LogP contribution in [0.4, 0.5) is 5.69 Å². The molecule has 0 aliphatic carbocycles. The average Bonchev–Trinajstić information content (AvgIpc) is 2.53. The van der Waals surface area contributed by atoms with Crippen molar-refractivity contribution in [3.8, 4) is 17.2 Å². The normalized spacial score (nSPS) is 13.0. The predicted molar refractivity (Wildman–Crippen MR) is 84.4 cm³/mol. The lowest BCUT2D eigenvalue weighted by Crippen LogP contribution is -2.15. The van der Waals surface area contributed by atoms with E-state index in [0.29, 0.717) is 13.2 Å². The number of hydrogen-bond donors (Lipinski definition) is 1. The molecule has 2 aromatic rings. The highest BCUT2D eigenvalue weighted by atomic mass is 32.2. The molecule has 0 spiro atoms. The van der Waals surface area contributed by atoms with Gasteiger partial charge in [0.1, 0.15) is 19.0 Å². The van der Waals surface area contributed by atoms with Crippen LogP contribution in [0.25, 0.3) is 0 Å². The summed E-state index contributed by atoms with van der Waals surface area (Å²) < 4.78 is 16.5. The molecule has 0 radical (unpaired) electrons. The topological polar surface area (TPSA) is 53.7 Å². The first-order valence-corrected chi connectivity index (χ1v) is 7.69. The first kappa shape index (κ1) is 13.9. The van der Waals surface area contributed by atoms with Crippen LogP contribution in [0.1, 0.15) is 5.56 Å². The number of nitrogen functional groups attached to an aromatic ring is 1. The van der Waals surface area contributed by atoms with Gasteiger partial charge in [-0.05, 0) is 36.4 Å². The summed E-state index contributed by atoms with van der Waals surface area (Å²) in [5.74, 6) is 3.26. The molecule has 1 aliphatic rings. The van der Waals surface area contributed by atoms with Crippen molar-refractivity contribution in [2.45, 2.75) is 10.6 Å². The van der Waals surface area contributed by atoms with Gasteiger partial charge in [-0.2, -0.15) is 0 Å². The van der Waals surface area contributed by atoms with E-state index in [9.17, 15) is 0 Å². The van der Waals surface area contributed by atoms with E-state index >= 15 is 0 Å². The Kier molecular flexibility index (Phi) is 4.10. The van der Waals surface area contributed by atoms with Crippen LogP contribution >= 0.6 is 11.8 Å². The lowest BCUT2D eigenvalue weighted by Gasteiger charge is -2.18. The standard InChI is InChI=1S/C16H17NO3S/c1-18-14-4-2-12(17)8-11(14)10-21-13-3-5-15-16(9-13)20-7-6-19-15/h2-5,8-9H,6-7,10,17H2,1H3. The Hall–Kier alpha value is -2.01. The number of anilines is 1. The van der Waals surface area contributed by atoms with Crippen molar-refractivity contribution >= 4 is 17.4 Å². The lowest BCUT2D eigenvalue weighted by atomic mass is 10.2. The number of nitrogens with two attached hydrogens (primary N) is 1. The van der Waals surface area contributed by atoms with Gasteiger partial charge in [-0.25, -0.2) is 0 Å². The van der Waals surface area contributed by atoms with E-state index in [0.717, 1.165) is 39.1 Å². The number of rotatable bonds is 4. The minimum absolute atomic E-state index is 0.601. The zero-order valence-electron chi connectivity index (χ0n) is 11.8. The van der Waals surface area contributed by atoms with E-state index < -0.39 is 0 Å². The van der Waals surface area contributed by atoms with Crippen molar-refractivity contribution in [2.75, 3.05) is 26.1 Å². The minimum Gasteiger partial charge on any atom is -0.496 e. The quantitative estimate of drug-likeness (QED) is 0.693. The van der Waals surface area contributed by atoms with Crippen molar-refractivity contribution < 1.29 is 14.2 Å². The lowest BCUT2D eigenvalue weighted by molar-refractivity contribution is 0.171. The Bertz CT molecular complexity index is 645. The van der Waals surface area contributed by atoms with Gasteiger partial charge in [-0.15, -0.1) is 11.8 Å². The molecule has 110 valence electrons. The third-order valence-electron chi connectivity index (χ3n) is 3.21. The Morgan fingerprint density at radius 2 is 1.90 bits per heavy atom. The van der Waals surface area contributed by atoms with Gasteiger partial charge in [-0.3, -0.25) is 0 Å². The second kappa shape index (κ2) is 6.18. The van der Waals surface area contributed by atoms with E-state index in [1.165, 1.54) is 0 Å². The van der Waals surface area contributed by atoms with Crippen LogP contribution in [0, 0.1) is 0 Å². The molecule has 1 heterocycles. The largest absolute Gasteiger partial charge is 0.496 e. The molecular formula is C16H17NO3S. The molecule has 4 nitrogen and oxygen atoms in total. The van der Waals surface area contributed by atoms with E-state index in [1.807, 2.05) is 36.4 Å². The van der Waals surface area contributed by atoms with Crippen molar-refractivity contribution in [2.24, 2.45) is 0 Å². The fourth-order valence-electron chi connectivity index (χ4n) is 2.19. The maximum absolute atomic E-state index is 5.84. The summed E-state index contributed by atoms with van der Waals surface area (Å²) in [7, 11) is 1.67. The number of benzene rings is 2. The van der Waals surface area contributed by atoms with E-state index in [4.69, 9.17) is 19.9 Å². The number of fused-ring (bicyclic) bond motifs is 1. The van der Waals surface area contributed by atoms with Crippen molar-refractivity contribution in [3.05, 3.63) is 42.0 Å². The van der Waals surface area contributed by atoms with Crippen LogP contribution in [0.3, 0.4) is 0 Å².